The van der Waals surface area contributed by atoms with Crippen molar-refractivity contribution in [2.45, 2.75) is 31.6 Å². The van der Waals surface area contributed by atoms with Gasteiger partial charge in [0.2, 0.25) is 0 Å². The van der Waals surface area contributed by atoms with Crippen LogP contribution in [0.5, 0.6) is 0 Å². The molecule has 0 bridgehead atoms. The number of nitrogens with zero attached hydrogens (tertiary/aromatic N) is 3. The highest BCUT2D eigenvalue weighted by molar-refractivity contribution is 6.18. The third-order valence-electron chi connectivity index (χ3n) is 12.5. The second-order valence-corrected chi connectivity index (χ2v) is 16.0. The molecule has 2 atom stereocenters. The van der Waals surface area contributed by atoms with Crippen molar-refractivity contribution in [1.82, 2.24) is 15.0 Å². The first-order chi connectivity index (χ1) is 29.7. The second kappa shape index (κ2) is 14.2. The maximum Gasteiger partial charge on any atom is 0.164 e. The maximum absolute atomic E-state index is 6.89. The monoisotopic (exact) mass is 773 g/mol. The van der Waals surface area contributed by atoms with Crippen molar-refractivity contribution in [3.63, 3.8) is 0 Å². The summed E-state index contributed by atoms with van der Waals surface area (Å²) >= 11 is 0. The number of para-hydroxylation sites is 2. The van der Waals surface area contributed by atoms with Crippen LogP contribution >= 0.6 is 0 Å². The van der Waals surface area contributed by atoms with E-state index in [4.69, 9.17) is 23.8 Å². The lowest BCUT2D eigenvalue weighted by Crippen LogP contribution is -2.10. The summed E-state index contributed by atoms with van der Waals surface area (Å²) in [7, 11) is 0. The molecule has 0 aliphatic heterocycles. The fraction of sp³-hybridized carbons (Fsp3) is 0.109. The Kier molecular flexibility index (Phi) is 8.19. The number of aromatic nitrogens is 3. The summed E-state index contributed by atoms with van der Waals surface area (Å²) in [6, 6.07) is 40.3. The zero-order valence-corrected chi connectivity index (χ0v) is 32.9. The molecule has 0 saturated carbocycles. The second-order valence-electron chi connectivity index (χ2n) is 16.0. The average Bonchev–Trinajstić information content (AvgIpc) is 3.91. The van der Waals surface area contributed by atoms with Crippen LogP contribution in [-0.4, -0.2) is 15.0 Å². The molecular weight excluding hydrogens is 735 g/mol. The van der Waals surface area contributed by atoms with Gasteiger partial charge in [-0.05, 0) is 89.1 Å². The minimum Gasteiger partial charge on any atom is -0.456 e. The van der Waals surface area contributed by atoms with Crippen molar-refractivity contribution in [2.75, 3.05) is 0 Å². The number of fused-ring (bicyclic) bond motifs is 7. The van der Waals surface area contributed by atoms with Crippen molar-refractivity contribution in [3.05, 3.63) is 193 Å². The Labute approximate surface area is 347 Å². The van der Waals surface area contributed by atoms with Gasteiger partial charge in [-0.1, -0.05) is 146 Å². The van der Waals surface area contributed by atoms with Crippen molar-refractivity contribution in [3.8, 4) is 33.9 Å². The van der Waals surface area contributed by atoms with Crippen LogP contribution in [-0.2, 0) is 0 Å². The van der Waals surface area contributed by atoms with E-state index in [1.807, 2.05) is 30.3 Å². The Morgan fingerprint density at radius 1 is 0.483 bits per heavy atom. The minimum absolute atomic E-state index is 0.0202. The minimum atomic E-state index is -0.0202. The molecule has 0 spiro atoms. The van der Waals surface area contributed by atoms with Crippen LogP contribution in [0, 0.1) is 5.92 Å². The molecule has 2 unspecified atom stereocenters. The molecule has 3 aliphatic carbocycles. The molecule has 6 aromatic carbocycles. The number of allylic oxidation sites excluding steroid dienone is 12. The van der Waals surface area contributed by atoms with Crippen LogP contribution in [0.1, 0.15) is 43.0 Å². The molecule has 0 N–H and O–H groups in total. The van der Waals surface area contributed by atoms with Gasteiger partial charge in [-0.15, -0.1) is 0 Å². The maximum atomic E-state index is 6.89. The van der Waals surface area contributed by atoms with E-state index in [1.54, 1.807) is 0 Å². The number of hydrogen-bond acceptors (Lipinski definition) is 5. The van der Waals surface area contributed by atoms with Crippen molar-refractivity contribution >= 4 is 60.2 Å². The molecule has 5 heteroatoms. The van der Waals surface area contributed by atoms with Gasteiger partial charge in [-0.2, -0.15) is 0 Å². The van der Waals surface area contributed by atoms with Gasteiger partial charge in [0.15, 0.2) is 11.6 Å². The zero-order valence-electron chi connectivity index (χ0n) is 32.9. The molecule has 0 saturated heterocycles. The summed E-state index contributed by atoms with van der Waals surface area (Å²) in [5, 5.41) is 6.49. The summed E-state index contributed by atoms with van der Waals surface area (Å²) in [4.78, 5) is 16.0. The van der Waals surface area contributed by atoms with Crippen molar-refractivity contribution in [1.29, 1.82) is 0 Å². The van der Waals surface area contributed by atoms with E-state index < -0.39 is 0 Å². The molecule has 3 aliphatic rings. The number of benzene rings is 6. The summed E-state index contributed by atoms with van der Waals surface area (Å²) in [5.74, 6) is 2.34. The quantitative estimate of drug-likeness (QED) is 0.168. The molecule has 286 valence electrons. The topological polar surface area (TPSA) is 65.0 Å². The molecule has 0 amide bonds. The summed E-state index contributed by atoms with van der Waals surface area (Å²) in [5.41, 5.74) is 11.3. The van der Waals surface area contributed by atoms with Gasteiger partial charge >= 0.3 is 0 Å². The predicted octanol–water partition coefficient (Wildman–Crippen LogP) is 14.7. The van der Waals surface area contributed by atoms with E-state index in [9.17, 15) is 0 Å². The SMILES string of the molecule is C1=CCCC(c2ccc(-c3ccc(-c4nc(-c5cccc6oc7ccccc7c56)nc(C5C=CC(C6C=CC=CC6)=CC5)n4)c4c3oc3ccccc34)c3ccccc23)=C1. The number of rotatable bonds is 6. The van der Waals surface area contributed by atoms with E-state index >= 15 is 0 Å². The van der Waals surface area contributed by atoms with Gasteiger partial charge in [-0.25, -0.2) is 15.0 Å². The molecule has 12 rings (SSSR count). The Bertz CT molecular complexity index is 3400. The Balaban J connectivity index is 1.07. The molecule has 3 aromatic heterocycles. The number of hydrogen-bond donors (Lipinski definition) is 0. The zero-order chi connectivity index (χ0) is 39.6. The Morgan fingerprint density at radius 2 is 1.17 bits per heavy atom. The molecule has 3 heterocycles. The Morgan fingerprint density at radius 3 is 1.92 bits per heavy atom. The van der Waals surface area contributed by atoms with Gasteiger partial charge in [0.05, 0.1) is 0 Å². The van der Waals surface area contributed by atoms with Crippen LogP contribution in [0.3, 0.4) is 0 Å². The highest BCUT2D eigenvalue weighted by Gasteiger charge is 2.25. The highest BCUT2D eigenvalue weighted by atomic mass is 16.3. The normalized spacial score (nSPS) is 17.7. The van der Waals surface area contributed by atoms with Crippen LogP contribution in [0.15, 0.2) is 190 Å². The summed E-state index contributed by atoms with van der Waals surface area (Å²) in [6.07, 6.45) is 26.3. The van der Waals surface area contributed by atoms with Gasteiger partial charge in [0.1, 0.15) is 28.2 Å². The van der Waals surface area contributed by atoms with Gasteiger partial charge < -0.3 is 8.83 Å². The van der Waals surface area contributed by atoms with Crippen LogP contribution in [0.25, 0.3) is 94.1 Å². The molecule has 0 fully saturated rings. The fourth-order valence-electron chi connectivity index (χ4n) is 9.56. The molecule has 9 aromatic rings. The first-order valence-corrected chi connectivity index (χ1v) is 21.0. The van der Waals surface area contributed by atoms with Gasteiger partial charge in [-0.3, -0.25) is 0 Å². The van der Waals surface area contributed by atoms with Crippen molar-refractivity contribution < 1.29 is 8.83 Å². The average molecular weight is 774 g/mol. The van der Waals surface area contributed by atoms with Gasteiger partial charge in [0, 0.05) is 50.1 Å². The summed E-state index contributed by atoms with van der Waals surface area (Å²) in [6.45, 7) is 0. The van der Waals surface area contributed by atoms with E-state index in [2.05, 4.69) is 146 Å². The van der Waals surface area contributed by atoms with Crippen LogP contribution in [0.2, 0.25) is 0 Å². The first kappa shape index (κ1) is 34.7. The first-order valence-electron chi connectivity index (χ1n) is 21.0. The lowest BCUT2D eigenvalue weighted by molar-refractivity contribution is 0.669. The molecular formula is C55H39N3O2. The standard InChI is InChI=1S/C55H39N3O2/c1-3-14-34(15-4-1)35-26-28-37(29-27-35)53-56-54(45-22-13-25-49-50(45)43-20-9-11-23-47(43)59-49)58-55(57-53)46-33-32-42(52-51(46)44-21-10-12-24-48(44)60-52)41-31-30-38(36-16-5-2-6-17-36)39-18-7-8-19-40(39)41/h1-5,7-14,16,18-28,30-34,37H,6,15,17,29H2. The fourth-order valence-corrected chi connectivity index (χ4v) is 9.56. The summed E-state index contributed by atoms with van der Waals surface area (Å²) < 4.78 is 13.2. The van der Waals surface area contributed by atoms with E-state index in [0.717, 1.165) is 97.6 Å². The van der Waals surface area contributed by atoms with Crippen molar-refractivity contribution in [2.24, 2.45) is 5.92 Å². The smallest absolute Gasteiger partial charge is 0.164 e. The third-order valence-corrected chi connectivity index (χ3v) is 12.5. The number of furan rings is 2. The Hall–Kier alpha value is -7.37. The molecule has 60 heavy (non-hydrogen) atoms. The molecule has 5 nitrogen and oxygen atoms in total. The van der Waals surface area contributed by atoms with Crippen LogP contribution < -0.4 is 0 Å². The van der Waals surface area contributed by atoms with E-state index in [-0.39, 0.29) is 5.92 Å². The largest absolute Gasteiger partial charge is 0.456 e. The van der Waals surface area contributed by atoms with Gasteiger partial charge in [0.25, 0.3) is 0 Å². The lowest BCUT2D eigenvalue weighted by Gasteiger charge is -2.21. The lowest BCUT2D eigenvalue weighted by atomic mass is 9.86. The molecule has 0 radical (unpaired) electrons. The predicted molar refractivity (Wildman–Crippen MR) is 246 cm³/mol. The van der Waals surface area contributed by atoms with E-state index in [0.29, 0.717) is 17.6 Å². The third kappa shape index (κ3) is 5.72. The van der Waals surface area contributed by atoms with Crippen LogP contribution in [0.4, 0.5) is 0 Å². The highest BCUT2D eigenvalue weighted by Crippen LogP contribution is 2.45. The van der Waals surface area contributed by atoms with E-state index in [1.165, 1.54) is 27.5 Å².